The van der Waals surface area contributed by atoms with Gasteiger partial charge in [0.1, 0.15) is 11.3 Å². The molecule has 0 aromatic heterocycles. The highest BCUT2D eigenvalue weighted by molar-refractivity contribution is 7.92. The van der Waals surface area contributed by atoms with E-state index < -0.39 is 16.0 Å². The Bertz CT molecular complexity index is 1250. The molecule has 3 aliphatic rings. The number of hydrogen-bond donors (Lipinski definition) is 0. The van der Waals surface area contributed by atoms with Crippen molar-refractivity contribution >= 4 is 21.7 Å². The molecule has 2 heterocycles. The number of hydrogen-bond acceptors (Lipinski definition) is 6. The van der Waals surface area contributed by atoms with Crippen molar-refractivity contribution in [2.75, 3.05) is 31.2 Å². The van der Waals surface area contributed by atoms with Crippen molar-refractivity contribution in [1.82, 2.24) is 0 Å². The average molecular weight is 542 g/mol. The van der Waals surface area contributed by atoms with Crippen LogP contribution in [0.3, 0.4) is 0 Å². The van der Waals surface area contributed by atoms with Gasteiger partial charge in [-0.3, -0.25) is 4.31 Å². The van der Waals surface area contributed by atoms with Crippen LogP contribution >= 0.6 is 0 Å². The second-order valence-electron chi connectivity index (χ2n) is 10.8. The minimum absolute atomic E-state index is 0.0717. The van der Waals surface area contributed by atoms with Gasteiger partial charge in [-0.1, -0.05) is 25.5 Å². The summed E-state index contributed by atoms with van der Waals surface area (Å²) in [6, 6.07) is 10.7. The van der Waals surface area contributed by atoms with E-state index in [2.05, 4.69) is 12.1 Å². The lowest BCUT2D eigenvalue weighted by Crippen LogP contribution is -2.43. The van der Waals surface area contributed by atoms with Crippen LogP contribution < -0.4 is 9.04 Å². The van der Waals surface area contributed by atoms with Crippen molar-refractivity contribution in [2.24, 2.45) is 5.92 Å². The number of nitrogens with zero attached hydrogens (tertiary/aromatic N) is 1. The van der Waals surface area contributed by atoms with Crippen LogP contribution in [0.5, 0.6) is 5.75 Å². The lowest BCUT2D eigenvalue weighted by atomic mass is 9.79. The molecule has 2 aliphatic heterocycles. The molecule has 0 amide bonds. The van der Waals surface area contributed by atoms with E-state index >= 15 is 0 Å². The quantitative estimate of drug-likeness (QED) is 0.390. The van der Waals surface area contributed by atoms with E-state index in [0.29, 0.717) is 37.2 Å². The number of carbonyl (C=O) groups excluding carboxylic acids is 1. The van der Waals surface area contributed by atoms with Crippen LogP contribution in [0.25, 0.3) is 0 Å². The van der Waals surface area contributed by atoms with E-state index in [9.17, 15) is 13.2 Å². The molecule has 1 unspecified atom stereocenters. The molecule has 0 N–H and O–H groups in total. The first kappa shape index (κ1) is 27.0. The number of sulfonamides is 1. The zero-order valence-corrected chi connectivity index (χ0v) is 23.3. The molecule has 8 heteroatoms. The zero-order valence-electron chi connectivity index (χ0n) is 22.5. The number of carbonyl (C=O) groups is 1. The minimum atomic E-state index is -3.93. The average Bonchev–Trinajstić information content (AvgIpc) is 3.18. The molecule has 38 heavy (non-hydrogen) atoms. The van der Waals surface area contributed by atoms with Crippen LogP contribution in [0.1, 0.15) is 85.7 Å². The molecule has 2 aromatic carbocycles. The van der Waals surface area contributed by atoms with Crippen LogP contribution in [0.15, 0.2) is 41.3 Å². The molecule has 7 nitrogen and oxygen atoms in total. The summed E-state index contributed by atoms with van der Waals surface area (Å²) in [6.07, 6.45) is 8.89. The third-order valence-corrected chi connectivity index (χ3v) is 10.3. The summed E-state index contributed by atoms with van der Waals surface area (Å²) in [7, 11) is -2.63. The molecule has 1 saturated carbocycles. The van der Waals surface area contributed by atoms with E-state index in [1.165, 1.54) is 38.0 Å². The molecule has 5 rings (SSSR count). The van der Waals surface area contributed by atoms with Crippen molar-refractivity contribution in [3.63, 3.8) is 0 Å². The Balaban J connectivity index is 1.45. The van der Waals surface area contributed by atoms with Gasteiger partial charge in [-0.25, -0.2) is 13.2 Å². The number of rotatable bonds is 8. The zero-order chi connectivity index (χ0) is 26.7. The third kappa shape index (κ3) is 5.43. The first-order valence-electron chi connectivity index (χ1n) is 14.0. The number of aryl methyl sites for hydroxylation is 1. The van der Waals surface area contributed by atoms with Gasteiger partial charge < -0.3 is 14.2 Å². The SMILES string of the molecule is CC[C@@H]1CCc2cc(C3CCC3)ccc2N1S(=O)(=O)c1ccc(OCC2CCCOCC2)c(C(=O)OC)c1. The smallest absolute Gasteiger partial charge is 0.341 e. The molecule has 0 radical (unpaired) electrons. The molecule has 2 atom stereocenters. The minimum Gasteiger partial charge on any atom is -0.492 e. The van der Waals surface area contributed by atoms with Crippen LogP contribution in [0, 0.1) is 5.92 Å². The maximum Gasteiger partial charge on any atom is 0.341 e. The van der Waals surface area contributed by atoms with E-state index in [4.69, 9.17) is 14.2 Å². The van der Waals surface area contributed by atoms with Gasteiger partial charge in [-0.2, -0.15) is 0 Å². The van der Waals surface area contributed by atoms with E-state index in [-0.39, 0.29) is 16.5 Å². The third-order valence-electron chi connectivity index (χ3n) is 8.43. The summed E-state index contributed by atoms with van der Waals surface area (Å²) in [4.78, 5) is 12.8. The van der Waals surface area contributed by atoms with Crippen LogP contribution in [-0.4, -0.2) is 47.4 Å². The van der Waals surface area contributed by atoms with Gasteiger partial charge in [0.05, 0.1) is 24.3 Å². The summed E-state index contributed by atoms with van der Waals surface area (Å²) in [5.41, 5.74) is 3.28. The molecular weight excluding hydrogens is 502 g/mol. The highest BCUT2D eigenvalue weighted by atomic mass is 32.2. The fourth-order valence-corrected chi connectivity index (χ4v) is 7.69. The van der Waals surface area contributed by atoms with Crippen molar-refractivity contribution < 1.29 is 27.4 Å². The number of methoxy groups -OCH3 is 1. The summed E-state index contributed by atoms with van der Waals surface area (Å²) < 4.78 is 46.5. The van der Waals surface area contributed by atoms with Gasteiger partial charge >= 0.3 is 5.97 Å². The summed E-state index contributed by atoms with van der Waals surface area (Å²) >= 11 is 0. The Morgan fingerprint density at radius 1 is 1.03 bits per heavy atom. The molecule has 2 aromatic rings. The molecule has 0 spiro atoms. The predicted molar refractivity (Wildman–Crippen MR) is 147 cm³/mol. The normalized spacial score (nSPS) is 22.2. The first-order chi connectivity index (χ1) is 18.4. The van der Waals surface area contributed by atoms with Gasteiger partial charge in [0.25, 0.3) is 10.0 Å². The highest BCUT2D eigenvalue weighted by Gasteiger charge is 2.36. The Morgan fingerprint density at radius 2 is 1.87 bits per heavy atom. The fraction of sp³-hybridized carbons (Fsp3) is 0.567. The molecular formula is C30H39NO6S. The predicted octanol–water partition coefficient (Wildman–Crippen LogP) is 5.86. The molecule has 1 saturated heterocycles. The van der Waals surface area contributed by atoms with Crippen molar-refractivity contribution in [3.8, 4) is 5.75 Å². The lowest BCUT2D eigenvalue weighted by Gasteiger charge is -2.38. The first-order valence-corrected chi connectivity index (χ1v) is 15.5. The monoisotopic (exact) mass is 541 g/mol. The summed E-state index contributed by atoms with van der Waals surface area (Å²) in [6.45, 7) is 3.93. The van der Waals surface area contributed by atoms with Crippen LogP contribution in [0.2, 0.25) is 0 Å². The molecule has 206 valence electrons. The van der Waals surface area contributed by atoms with E-state index in [0.717, 1.165) is 50.0 Å². The Hall–Kier alpha value is -2.58. The topological polar surface area (TPSA) is 82.1 Å². The molecule has 2 fully saturated rings. The van der Waals surface area contributed by atoms with Crippen LogP contribution in [0.4, 0.5) is 5.69 Å². The van der Waals surface area contributed by atoms with Gasteiger partial charge in [-0.15, -0.1) is 0 Å². The summed E-state index contributed by atoms with van der Waals surface area (Å²) in [5.74, 6) is 0.649. The van der Waals surface area contributed by atoms with Gasteiger partial charge in [0, 0.05) is 19.3 Å². The molecule has 0 bridgehead atoms. The lowest BCUT2D eigenvalue weighted by molar-refractivity contribution is 0.0594. The second-order valence-corrected chi connectivity index (χ2v) is 12.6. The van der Waals surface area contributed by atoms with Crippen molar-refractivity contribution in [1.29, 1.82) is 0 Å². The van der Waals surface area contributed by atoms with E-state index in [1.807, 2.05) is 13.0 Å². The summed E-state index contributed by atoms with van der Waals surface area (Å²) in [5, 5.41) is 0. The maximum absolute atomic E-state index is 14.1. The largest absolute Gasteiger partial charge is 0.492 e. The van der Waals surface area contributed by atoms with Crippen molar-refractivity contribution in [2.45, 2.75) is 81.6 Å². The molecule has 1 aliphatic carbocycles. The Morgan fingerprint density at radius 3 is 2.61 bits per heavy atom. The fourth-order valence-electron chi connectivity index (χ4n) is 5.87. The van der Waals surface area contributed by atoms with Crippen molar-refractivity contribution in [3.05, 3.63) is 53.1 Å². The number of ether oxygens (including phenoxy) is 3. The van der Waals surface area contributed by atoms with Gasteiger partial charge in [-0.05, 0) is 98.6 Å². The van der Waals surface area contributed by atoms with Crippen LogP contribution in [-0.2, 0) is 25.9 Å². The second kappa shape index (κ2) is 11.7. The Labute approximate surface area is 226 Å². The maximum atomic E-state index is 14.1. The van der Waals surface area contributed by atoms with Gasteiger partial charge in [0.15, 0.2) is 0 Å². The Kier molecular flexibility index (Phi) is 8.29. The number of fused-ring (bicyclic) bond motifs is 1. The van der Waals surface area contributed by atoms with E-state index in [1.54, 1.807) is 16.4 Å². The highest BCUT2D eigenvalue weighted by Crippen LogP contribution is 2.42. The van der Waals surface area contributed by atoms with Gasteiger partial charge in [0.2, 0.25) is 0 Å². The number of anilines is 1. The standard InChI is InChI=1S/C30H39NO6S/c1-3-25-11-9-24-18-23(22-7-4-8-22)10-13-28(24)31(25)38(33,34)26-12-14-29(27(19-26)30(32)35-2)37-20-21-6-5-16-36-17-15-21/h10,12-14,18-19,21-22,25H,3-9,11,15-17,20H2,1-2H3/t21?,25-/m1/s1. The number of esters is 1. The number of benzene rings is 2.